The molecule has 0 saturated carbocycles. The number of fused-ring (bicyclic) bond motifs is 4. The van der Waals surface area contributed by atoms with Crippen LogP contribution in [0.4, 0.5) is 5.95 Å². The molecule has 8 nitrogen and oxygen atoms in total. The number of carbonyl (C=O) groups is 1. The predicted molar refractivity (Wildman–Crippen MR) is 140 cm³/mol. The number of anilines is 1. The van der Waals surface area contributed by atoms with Gasteiger partial charge in [0.1, 0.15) is 6.61 Å². The molecule has 9 heteroatoms. The monoisotopic (exact) mass is 508 g/mol. The summed E-state index contributed by atoms with van der Waals surface area (Å²) in [5.74, 6) is -0.232. The van der Waals surface area contributed by atoms with Gasteiger partial charge in [0.15, 0.2) is 0 Å². The van der Waals surface area contributed by atoms with Crippen molar-refractivity contribution in [2.45, 2.75) is 58.4 Å². The van der Waals surface area contributed by atoms with E-state index in [0.29, 0.717) is 12.1 Å². The quantitative estimate of drug-likeness (QED) is 0.522. The van der Waals surface area contributed by atoms with Crippen molar-refractivity contribution in [3.05, 3.63) is 65.2 Å². The van der Waals surface area contributed by atoms with Crippen LogP contribution in [0.25, 0.3) is 11.3 Å². The second-order valence-corrected chi connectivity index (χ2v) is 12.1. The number of nitrogens with zero attached hydrogens (tertiary/aromatic N) is 2. The Bertz CT molecular complexity index is 1380. The third-order valence-corrected chi connectivity index (χ3v) is 7.41. The second kappa shape index (κ2) is 9.89. The van der Waals surface area contributed by atoms with Crippen molar-refractivity contribution >= 4 is 21.9 Å². The predicted octanol–water partition coefficient (Wildman–Crippen LogP) is 4.88. The van der Waals surface area contributed by atoms with Gasteiger partial charge in [-0.05, 0) is 61.4 Å². The van der Waals surface area contributed by atoms with Crippen molar-refractivity contribution in [2.24, 2.45) is 5.41 Å². The van der Waals surface area contributed by atoms with Crippen LogP contribution in [-0.4, -0.2) is 36.9 Å². The van der Waals surface area contributed by atoms with Crippen molar-refractivity contribution in [3.63, 3.8) is 0 Å². The summed E-state index contributed by atoms with van der Waals surface area (Å²) in [6, 6.07) is 13.2. The number of aryl methyl sites for hydroxylation is 2. The van der Waals surface area contributed by atoms with E-state index >= 15 is 0 Å². The third kappa shape index (κ3) is 6.02. The lowest BCUT2D eigenvalue weighted by Gasteiger charge is -2.24. The van der Waals surface area contributed by atoms with Gasteiger partial charge in [0.2, 0.25) is 11.8 Å². The molecule has 1 aliphatic rings. The minimum absolute atomic E-state index is 0.0517. The van der Waals surface area contributed by atoms with Gasteiger partial charge in [-0.2, -0.15) is 4.98 Å². The SMILES string of the molecule is Cc1cccc(C)c1-c1cc2nc(n1)NS(=O)(=O)c1cccc(c1)C(=O)N[C@H](CCC(C)(C)C)CO2. The molecular weight excluding hydrogens is 476 g/mol. The number of amides is 1. The van der Waals surface area contributed by atoms with Gasteiger partial charge in [0, 0.05) is 17.2 Å². The van der Waals surface area contributed by atoms with Crippen LogP contribution in [0, 0.1) is 19.3 Å². The highest BCUT2D eigenvalue weighted by molar-refractivity contribution is 7.92. The standard InChI is InChI=1S/C27H32N4O4S/c1-17-8-6-9-18(2)24(17)22-15-23-30-26(29-22)31-36(33,34)21-11-7-10-19(14-21)25(32)28-20(16-35-23)12-13-27(3,4)5/h6-11,14-15,20H,12-13,16H2,1-5H3,(H,28,32)(H,29,30,31)/t20-/m1/s1. The van der Waals surface area contributed by atoms with E-state index in [1.807, 2.05) is 32.0 Å². The second-order valence-electron chi connectivity index (χ2n) is 10.4. The minimum atomic E-state index is -4.06. The summed E-state index contributed by atoms with van der Waals surface area (Å²) in [6.45, 7) is 10.5. The number of benzene rings is 2. The maximum atomic E-state index is 13.2. The van der Waals surface area contributed by atoms with Crippen molar-refractivity contribution < 1.29 is 17.9 Å². The highest BCUT2D eigenvalue weighted by Crippen LogP contribution is 2.30. The Balaban J connectivity index is 1.82. The van der Waals surface area contributed by atoms with Crippen LogP contribution in [0.1, 0.15) is 55.1 Å². The maximum Gasteiger partial charge on any atom is 0.264 e. The molecule has 2 N–H and O–H groups in total. The summed E-state index contributed by atoms with van der Waals surface area (Å²) in [7, 11) is -4.06. The fraction of sp³-hybridized carbons (Fsp3) is 0.370. The van der Waals surface area contributed by atoms with Gasteiger partial charge in [-0.15, -0.1) is 0 Å². The number of carbonyl (C=O) groups excluding carboxylic acids is 1. The van der Waals surface area contributed by atoms with E-state index in [0.717, 1.165) is 23.1 Å². The number of ether oxygens (including phenoxy) is 1. The van der Waals surface area contributed by atoms with Crippen molar-refractivity contribution in [3.8, 4) is 17.1 Å². The van der Waals surface area contributed by atoms with Crippen LogP contribution in [-0.2, 0) is 10.0 Å². The average molecular weight is 509 g/mol. The molecule has 4 bridgehead atoms. The number of aromatic nitrogens is 2. The fourth-order valence-corrected chi connectivity index (χ4v) is 5.12. The third-order valence-electron chi connectivity index (χ3n) is 6.08. The Labute approximate surface area is 212 Å². The molecule has 1 aliphatic heterocycles. The van der Waals surface area contributed by atoms with Crippen LogP contribution >= 0.6 is 0 Å². The number of nitrogens with one attached hydrogen (secondary N) is 2. The summed E-state index contributed by atoms with van der Waals surface area (Å²) in [5, 5.41) is 3.01. The summed E-state index contributed by atoms with van der Waals surface area (Å²) in [6.07, 6.45) is 1.55. The van der Waals surface area contributed by atoms with E-state index in [1.165, 1.54) is 12.1 Å². The van der Waals surface area contributed by atoms with E-state index in [-0.39, 0.29) is 46.3 Å². The number of sulfonamides is 1. The zero-order chi connectivity index (χ0) is 26.1. The summed E-state index contributed by atoms with van der Waals surface area (Å²) >= 11 is 0. The zero-order valence-corrected chi connectivity index (χ0v) is 22.1. The lowest BCUT2D eigenvalue weighted by Crippen LogP contribution is -2.39. The molecule has 1 atom stereocenters. The van der Waals surface area contributed by atoms with Crippen LogP contribution in [0.2, 0.25) is 0 Å². The number of rotatable bonds is 3. The molecule has 2 heterocycles. The first-order valence-electron chi connectivity index (χ1n) is 11.9. The van der Waals surface area contributed by atoms with Crippen LogP contribution < -0.4 is 14.8 Å². The highest BCUT2D eigenvalue weighted by Gasteiger charge is 2.24. The van der Waals surface area contributed by atoms with Crippen molar-refractivity contribution in [1.29, 1.82) is 0 Å². The molecule has 36 heavy (non-hydrogen) atoms. The molecule has 1 aromatic heterocycles. The zero-order valence-electron chi connectivity index (χ0n) is 21.3. The van der Waals surface area contributed by atoms with Gasteiger partial charge in [-0.3, -0.25) is 4.79 Å². The topological polar surface area (TPSA) is 110 Å². The lowest BCUT2D eigenvalue weighted by molar-refractivity contribution is 0.0912. The molecule has 4 rings (SSSR count). The Kier molecular flexibility index (Phi) is 7.04. The van der Waals surface area contributed by atoms with E-state index in [2.05, 4.69) is 40.8 Å². The van der Waals surface area contributed by atoms with Gasteiger partial charge in [-0.25, -0.2) is 18.1 Å². The highest BCUT2D eigenvalue weighted by atomic mass is 32.2. The van der Waals surface area contributed by atoms with Crippen LogP contribution in [0.15, 0.2) is 53.4 Å². The lowest BCUT2D eigenvalue weighted by atomic mass is 9.89. The van der Waals surface area contributed by atoms with Crippen LogP contribution in [0.5, 0.6) is 5.88 Å². The van der Waals surface area contributed by atoms with Crippen LogP contribution in [0.3, 0.4) is 0 Å². The summed E-state index contributed by atoms with van der Waals surface area (Å²) < 4.78 is 34.9. The van der Waals surface area contributed by atoms with Gasteiger partial charge in [-0.1, -0.05) is 45.0 Å². The van der Waals surface area contributed by atoms with Gasteiger partial charge in [0.25, 0.3) is 15.9 Å². The number of hydrogen-bond donors (Lipinski definition) is 2. The molecular formula is C27H32N4O4S. The first-order valence-corrected chi connectivity index (χ1v) is 13.4. The Morgan fingerprint density at radius 1 is 1.03 bits per heavy atom. The smallest absolute Gasteiger partial charge is 0.264 e. The molecule has 0 saturated heterocycles. The van der Waals surface area contributed by atoms with E-state index < -0.39 is 10.0 Å². The molecule has 3 aromatic rings. The Morgan fingerprint density at radius 2 is 1.72 bits per heavy atom. The van der Waals surface area contributed by atoms with E-state index in [1.54, 1.807) is 18.2 Å². The van der Waals surface area contributed by atoms with Crippen molar-refractivity contribution in [2.75, 3.05) is 11.3 Å². The molecule has 2 aromatic carbocycles. The maximum absolute atomic E-state index is 13.2. The molecule has 0 spiro atoms. The Hall–Kier alpha value is -3.46. The van der Waals surface area contributed by atoms with Gasteiger partial charge >= 0.3 is 0 Å². The van der Waals surface area contributed by atoms with Gasteiger partial charge in [0.05, 0.1) is 16.6 Å². The van der Waals surface area contributed by atoms with Gasteiger partial charge < -0.3 is 10.1 Å². The average Bonchev–Trinajstić information content (AvgIpc) is 2.79. The van der Waals surface area contributed by atoms with E-state index in [4.69, 9.17) is 4.74 Å². The Morgan fingerprint density at radius 3 is 2.42 bits per heavy atom. The molecule has 0 unspecified atom stereocenters. The molecule has 190 valence electrons. The molecule has 1 amide bonds. The molecule has 0 fully saturated rings. The minimum Gasteiger partial charge on any atom is -0.475 e. The first-order chi connectivity index (χ1) is 16.9. The summed E-state index contributed by atoms with van der Waals surface area (Å²) in [5.41, 5.74) is 3.74. The largest absolute Gasteiger partial charge is 0.475 e. The summed E-state index contributed by atoms with van der Waals surface area (Å²) in [4.78, 5) is 21.8. The van der Waals surface area contributed by atoms with Crippen molar-refractivity contribution in [1.82, 2.24) is 15.3 Å². The normalized spacial score (nSPS) is 17.5. The number of hydrogen-bond acceptors (Lipinski definition) is 6. The molecule has 0 aliphatic carbocycles. The first kappa shape index (κ1) is 25.6. The fourth-order valence-electron chi connectivity index (χ4n) is 4.13. The molecule has 0 radical (unpaired) electrons. The van der Waals surface area contributed by atoms with E-state index in [9.17, 15) is 13.2 Å².